The highest BCUT2D eigenvalue weighted by Gasteiger charge is 2.22. The van der Waals surface area contributed by atoms with Gasteiger partial charge in [-0.2, -0.15) is 0 Å². The molecule has 0 saturated heterocycles. The monoisotopic (exact) mass is 315 g/mol. The molecule has 1 unspecified atom stereocenters. The second kappa shape index (κ2) is 8.90. The van der Waals surface area contributed by atoms with Crippen molar-refractivity contribution >= 4 is 18.4 Å². The van der Waals surface area contributed by atoms with Gasteiger partial charge in [0, 0.05) is 5.92 Å². The number of hydrogen-bond donors (Lipinski definition) is 1. The molecule has 0 aliphatic heterocycles. The molecule has 2 N–H and O–H groups in total. The van der Waals surface area contributed by atoms with Gasteiger partial charge in [-0.1, -0.05) is 18.2 Å². The van der Waals surface area contributed by atoms with E-state index in [1.807, 2.05) is 52.0 Å². The second-order valence-corrected chi connectivity index (χ2v) is 5.69. The summed E-state index contributed by atoms with van der Waals surface area (Å²) in [6, 6.07) is 7.69. The lowest BCUT2D eigenvalue weighted by Gasteiger charge is -2.23. The first-order chi connectivity index (χ1) is 9.37. The Morgan fingerprint density at radius 1 is 1.29 bits per heavy atom. The third-order valence-corrected chi connectivity index (χ3v) is 2.78. The topological polar surface area (TPSA) is 61.5 Å². The zero-order valence-electron chi connectivity index (χ0n) is 13.2. The highest BCUT2D eigenvalue weighted by molar-refractivity contribution is 5.85. The SMILES string of the molecule is CCOc1ccccc1C(CN)CC(=O)OC(C)(C)C.Cl. The Balaban J connectivity index is 0.00000400. The largest absolute Gasteiger partial charge is 0.494 e. The molecule has 4 nitrogen and oxygen atoms in total. The van der Waals surface area contributed by atoms with E-state index in [4.69, 9.17) is 15.2 Å². The number of hydrogen-bond acceptors (Lipinski definition) is 4. The molecule has 0 spiro atoms. The number of halogens is 1. The lowest BCUT2D eigenvalue weighted by atomic mass is 9.95. The molecule has 0 bridgehead atoms. The van der Waals surface area contributed by atoms with Crippen molar-refractivity contribution in [2.75, 3.05) is 13.2 Å². The van der Waals surface area contributed by atoms with Crippen LogP contribution in [0, 0.1) is 0 Å². The minimum Gasteiger partial charge on any atom is -0.494 e. The summed E-state index contributed by atoms with van der Waals surface area (Å²) >= 11 is 0. The second-order valence-electron chi connectivity index (χ2n) is 5.69. The number of nitrogens with two attached hydrogens (primary N) is 1. The van der Waals surface area contributed by atoms with Gasteiger partial charge in [0.2, 0.25) is 0 Å². The van der Waals surface area contributed by atoms with Crippen molar-refractivity contribution < 1.29 is 14.3 Å². The molecule has 0 aliphatic carbocycles. The van der Waals surface area contributed by atoms with E-state index in [9.17, 15) is 4.79 Å². The molecule has 1 aromatic rings. The summed E-state index contributed by atoms with van der Waals surface area (Å²) in [4.78, 5) is 12.0. The number of esters is 1. The molecule has 0 saturated carbocycles. The van der Waals surface area contributed by atoms with Crippen LogP contribution in [0.25, 0.3) is 0 Å². The Hall–Kier alpha value is -1.26. The van der Waals surface area contributed by atoms with E-state index in [1.165, 1.54) is 0 Å². The Kier molecular flexibility index (Phi) is 8.37. The zero-order chi connectivity index (χ0) is 15.2. The van der Waals surface area contributed by atoms with E-state index in [0.717, 1.165) is 11.3 Å². The van der Waals surface area contributed by atoms with Gasteiger partial charge in [-0.05, 0) is 45.9 Å². The molecule has 120 valence electrons. The van der Waals surface area contributed by atoms with Crippen LogP contribution in [0.4, 0.5) is 0 Å². The van der Waals surface area contributed by atoms with Crippen LogP contribution in [-0.4, -0.2) is 24.7 Å². The predicted molar refractivity (Wildman–Crippen MR) is 87.1 cm³/mol. The normalized spacial score (nSPS) is 12.2. The van der Waals surface area contributed by atoms with Crippen LogP contribution >= 0.6 is 12.4 Å². The van der Waals surface area contributed by atoms with E-state index in [-0.39, 0.29) is 30.7 Å². The van der Waals surface area contributed by atoms with Gasteiger partial charge >= 0.3 is 5.97 Å². The zero-order valence-corrected chi connectivity index (χ0v) is 14.0. The van der Waals surface area contributed by atoms with E-state index in [0.29, 0.717) is 13.2 Å². The summed E-state index contributed by atoms with van der Waals surface area (Å²) < 4.78 is 11.0. The van der Waals surface area contributed by atoms with Crippen LogP contribution in [0.15, 0.2) is 24.3 Å². The fraction of sp³-hybridized carbons (Fsp3) is 0.562. The molecule has 0 aromatic heterocycles. The Labute approximate surface area is 133 Å². The van der Waals surface area contributed by atoms with Crippen molar-refractivity contribution in [2.24, 2.45) is 5.73 Å². The summed E-state index contributed by atoms with van der Waals surface area (Å²) in [6.07, 6.45) is 0.262. The van der Waals surface area contributed by atoms with E-state index < -0.39 is 5.60 Å². The van der Waals surface area contributed by atoms with Gasteiger partial charge in [-0.25, -0.2) is 0 Å². The number of ether oxygens (including phenoxy) is 2. The average molecular weight is 316 g/mol. The van der Waals surface area contributed by atoms with Crippen molar-refractivity contribution in [3.8, 4) is 5.75 Å². The summed E-state index contributed by atoms with van der Waals surface area (Å²) in [6.45, 7) is 8.47. The number of carbonyl (C=O) groups excluding carboxylic acids is 1. The molecule has 0 amide bonds. The van der Waals surface area contributed by atoms with Crippen LogP contribution in [-0.2, 0) is 9.53 Å². The minimum atomic E-state index is -0.477. The van der Waals surface area contributed by atoms with E-state index in [1.54, 1.807) is 0 Å². The molecule has 0 radical (unpaired) electrons. The Morgan fingerprint density at radius 3 is 2.43 bits per heavy atom. The van der Waals surface area contributed by atoms with E-state index in [2.05, 4.69) is 0 Å². The van der Waals surface area contributed by atoms with Gasteiger partial charge in [-0.15, -0.1) is 12.4 Å². The summed E-state index contributed by atoms with van der Waals surface area (Å²) in [5, 5.41) is 0. The van der Waals surface area contributed by atoms with Crippen molar-refractivity contribution in [1.82, 2.24) is 0 Å². The molecular formula is C16H26ClNO3. The molecule has 1 aromatic carbocycles. The summed E-state index contributed by atoms with van der Waals surface area (Å²) in [7, 11) is 0. The molecular weight excluding hydrogens is 290 g/mol. The molecule has 1 rings (SSSR count). The lowest BCUT2D eigenvalue weighted by molar-refractivity contribution is -0.155. The van der Waals surface area contributed by atoms with Gasteiger partial charge in [0.15, 0.2) is 0 Å². The van der Waals surface area contributed by atoms with Crippen LogP contribution in [0.3, 0.4) is 0 Å². The van der Waals surface area contributed by atoms with Crippen LogP contribution in [0.1, 0.15) is 45.6 Å². The fourth-order valence-corrected chi connectivity index (χ4v) is 2.01. The van der Waals surface area contributed by atoms with Crippen molar-refractivity contribution in [1.29, 1.82) is 0 Å². The van der Waals surface area contributed by atoms with Gasteiger partial charge < -0.3 is 15.2 Å². The Morgan fingerprint density at radius 2 is 1.90 bits per heavy atom. The first-order valence-corrected chi connectivity index (χ1v) is 7.01. The maximum Gasteiger partial charge on any atom is 0.306 e. The number of rotatable bonds is 6. The molecule has 0 heterocycles. The molecule has 0 aliphatic rings. The molecule has 5 heteroatoms. The van der Waals surface area contributed by atoms with Gasteiger partial charge in [0.25, 0.3) is 0 Å². The van der Waals surface area contributed by atoms with E-state index >= 15 is 0 Å². The lowest BCUT2D eigenvalue weighted by Crippen LogP contribution is -2.26. The van der Waals surface area contributed by atoms with Crippen LogP contribution in [0.5, 0.6) is 5.75 Å². The van der Waals surface area contributed by atoms with Crippen molar-refractivity contribution in [3.63, 3.8) is 0 Å². The standard InChI is InChI=1S/C16H25NO3.ClH/c1-5-19-14-9-7-6-8-13(14)12(11-17)10-15(18)20-16(2,3)4;/h6-9,12H,5,10-11,17H2,1-4H3;1H. The highest BCUT2D eigenvalue weighted by Crippen LogP contribution is 2.29. The highest BCUT2D eigenvalue weighted by atomic mass is 35.5. The average Bonchev–Trinajstić information content (AvgIpc) is 2.35. The van der Waals surface area contributed by atoms with Gasteiger partial charge in [0.1, 0.15) is 11.4 Å². The van der Waals surface area contributed by atoms with Crippen molar-refractivity contribution in [3.05, 3.63) is 29.8 Å². The third kappa shape index (κ3) is 6.82. The maximum atomic E-state index is 12.0. The smallest absolute Gasteiger partial charge is 0.306 e. The van der Waals surface area contributed by atoms with Gasteiger partial charge in [0.05, 0.1) is 13.0 Å². The first kappa shape index (κ1) is 19.7. The molecule has 0 fully saturated rings. The number of benzene rings is 1. The number of para-hydroxylation sites is 1. The maximum absolute atomic E-state index is 12.0. The molecule has 1 atom stereocenters. The van der Waals surface area contributed by atoms with Crippen LogP contribution in [0.2, 0.25) is 0 Å². The predicted octanol–water partition coefficient (Wildman–Crippen LogP) is 3.28. The van der Waals surface area contributed by atoms with Crippen molar-refractivity contribution in [2.45, 2.75) is 45.6 Å². The minimum absolute atomic E-state index is 0. The third-order valence-electron chi connectivity index (χ3n) is 2.78. The molecule has 21 heavy (non-hydrogen) atoms. The Bertz CT molecular complexity index is 443. The fourth-order valence-electron chi connectivity index (χ4n) is 2.01. The van der Waals surface area contributed by atoms with Gasteiger partial charge in [-0.3, -0.25) is 4.79 Å². The quantitative estimate of drug-likeness (QED) is 0.818. The first-order valence-electron chi connectivity index (χ1n) is 7.01. The number of carbonyl (C=O) groups is 1. The van der Waals surface area contributed by atoms with Crippen LogP contribution < -0.4 is 10.5 Å². The summed E-state index contributed by atoms with van der Waals surface area (Å²) in [5.41, 5.74) is 6.30. The summed E-state index contributed by atoms with van der Waals surface area (Å²) in [5.74, 6) is 0.459.